The number of benzene rings is 1. The molecule has 3 aromatic rings. The number of hydrogen-bond acceptors (Lipinski definition) is 5. The molecule has 0 fully saturated rings. The zero-order valence-corrected chi connectivity index (χ0v) is 17.5. The van der Waals surface area contributed by atoms with Crippen molar-refractivity contribution >= 4 is 44.7 Å². The minimum absolute atomic E-state index is 0.104. The molecule has 30 heavy (non-hydrogen) atoms. The summed E-state index contributed by atoms with van der Waals surface area (Å²) in [5.41, 5.74) is 0.653. The van der Waals surface area contributed by atoms with Gasteiger partial charge in [-0.1, -0.05) is 6.07 Å². The monoisotopic (exact) mass is 495 g/mol. The number of amides is 1. The van der Waals surface area contributed by atoms with Crippen molar-refractivity contribution in [3.05, 3.63) is 62.4 Å². The fourth-order valence-electron chi connectivity index (χ4n) is 3.23. The Labute approximate surface area is 181 Å². The molecule has 4 rings (SSSR count). The van der Waals surface area contributed by atoms with Crippen LogP contribution in [0.25, 0.3) is 0 Å². The summed E-state index contributed by atoms with van der Waals surface area (Å²) in [4.78, 5) is 13.5. The van der Waals surface area contributed by atoms with E-state index in [0.717, 1.165) is 9.56 Å². The Morgan fingerprint density at radius 1 is 1.33 bits per heavy atom. The van der Waals surface area contributed by atoms with Gasteiger partial charge < -0.3 is 10.6 Å². The Morgan fingerprint density at radius 3 is 2.67 bits per heavy atom. The number of alkyl halides is 3. The lowest BCUT2D eigenvalue weighted by Gasteiger charge is -2.33. The summed E-state index contributed by atoms with van der Waals surface area (Å²) in [5.74, 6) is -0.559. The van der Waals surface area contributed by atoms with Crippen molar-refractivity contribution in [3.8, 4) is 6.07 Å². The molecule has 0 aliphatic carbocycles. The van der Waals surface area contributed by atoms with E-state index in [1.807, 2.05) is 6.07 Å². The van der Waals surface area contributed by atoms with Crippen LogP contribution in [0.4, 0.5) is 24.7 Å². The number of anilines is 2. The molecular weight excluding hydrogens is 483 g/mol. The van der Waals surface area contributed by atoms with E-state index >= 15 is 0 Å². The standard InChI is InChI=1S/C19H13BrF3N5OS/c20-15-16(18(29)25-11-5-3-10(9-24)4-6-11)27-28-14(19(21,22)23)8-12(26-17(15)28)13-2-1-7-30-13/h1-7,12,14,26H,8H2,(H,25,29). The molecule has 2 unspecified atom stereocenters. The number of nitrogens with one attached hydrogen (secondary N) is 2. The number of nitrogens with zero attached hydrogens (tertiary/aromatic N) is 3. The largest absolute Gasteiger partial charge is 0.410 e. The van der Waals surface area contributed by atoms with E-state index in [0.29, 0.717) is 11.3 Å². The molecule has 11 heteroatoms. The van der Waals surface area contributed by atoms with Crippen LogP contribution in [-0.4, -0.2) is 21.9 Å². The summed E-state index contributed by atoms with van der Waals surface area (Å²) in [6, 6.07) is 9.21. The molecule has 0 bridgehead atoms. The maximum absolute atomic E-state index is 13.8. The summed E-state index contributed by atoms with van der Waals surface area (Å²) < 4.78 is 42.3. The fraction of sp³-hybridized carbons (Fsp3) is 0.211. The second-order valence-electron chi connectivity index (χ2n) is 6.60. The van der Waals surface area contributed by atoms with Crippen LogP contribution in [-0.2, 0) is 0 Å². The molecule has 154 valence electrons. The number of aromatic nitrogens is 2. The Kier molecular flexibility index (Phi) is 5.29. The van der Waals surface area contributed by atoms with Gasteiger partial charge in [-0.05, 0) is 51.6 Å². The topological polar surface area (TPSA) is 82.7 Å². The lowest BCUT2D eigenvalue weighted by Crippen LogP contribution is -2.35. The Bertz CT molecular complexity index is 1120. The van der Waals surface area contributed by atoms with Gasteiger partial charge in [0.05, 0.1) is 22.1 Å². The maximum Gasteiger partial charge on any atom is 0.410 e. The predicted molar refractivity (Wildman–Crippen MR) is 109 cm³/mol. The second-order valence-corrected chi connectivity index (χ2v) is 8.38. The van der Waals surface area contributed by atoms with Gasteiger partial charge in [-0.25, -0.2) is 4.68 Å². The van der Waals surface area contributed by atoms with Gasteiger partial charge in [-0.15, -0.1) is 11.3 Å². The van der Waals surface area contributed by atoms with Crippen LogP contribution >= 0.6 is 27.3 Å². The Balaban J connectivity index is 1.67. The number of nitriles is 1. The van der Waals surface area contributed by atoms with Crippen LogP contribution in [0.2, 0.25) is 0 Å². The van der Waals surface area contributed by atoms with Crippen molar-refractivity contribution in [1.29, 1.82) is 5.26 Å². The third-order valence-corrected chi connectivity index (χ3v) is 6.41. The van der Waals surface area contributed by atoms with Gasteiger partial charge in [0.15, 0.2) is 11.7 Å². The molecule has 3 heterocycles. The first-order chi connectivity index (χ1) is 14.3. The van der Waals surface area contributed by atoms with Gasteiger partial charge in [0.2, 0.25) is 0 Å². The number of carbonyl (C=O) groups excluding carboxylic acids is 1. The molecule has 1 aliphatic heterocycles. The smallest absolute Gasteiger partial charge is 0.362 e. The maximum atomic E-state index is 13.8. The van der Waals surface area contributed by atoms with E-state index in [9.17, 15) is 18.0 Å². The average Bonchev–Trinajstić information content (AvgIpc) is 3.36. The highest BCUT2D eigenvalue weighted by Gasteiger charge is 2.48. The summed E-state index contributed by atoms with van der Waals surface area (Å²) in [6.07, 6.45) is -4.76. The molecule has 1 amide bonds. The first-order valence-electron chi connectivity index (χ1n) is 8.74. The van der Waals surface area contributed by atoms with E-state index in [-0.39, 0.29) is 22.4 Å². The van der Waals surface area contributed by atoms with Crippen molar-refractivity contribution in [2.75, 3.05) is 10.6 Å². The quantitative estimate of drug-likeness (QED) is 0.503. The minimum Gasteiger partial charge on any atom is -0.362 e. The van der Waals surface area contributed by atoms with Gasteiger partial charge in [0.25, 0.3) is 5.91 Å². The van der Waals surface area contributed by atoms with E-state index in [2.05, 4.69) is 31.7 Å². The van der Waals surface area contributed by atoms with Crippen molar-refractivity contribution in [2.45, 2.75) is 24.7 Å². The van der Waals surface area contributed by atoms with Crippen LogP contribution in [0.15, 0.2) is 46.3 Å². The van der Waals surface area contributed by atoms with Gasteiger partial charge in [0.1, 0.15) is 5.82 Å². The van der Waals surface area contributed by atoms with E-state index < -0.39 is 24.2 Å². The summed E-state index contributed by atoms with van der Waals surface area (Å²) in [7, 11) is 0. The normalized spacial score (nSPS) is 18.2. The number of rotatable bonds is 3. The predicted octanol–water partition coefficient (Wildman–Crippen LogP) is 5.49. The van der Waals surface area contributed by atoms with Crippen LogP contribution in [0.3, 0.4) is 0 Å². The number of thiophene rings is 1. The van der Waals surface area contributed by atoms with Crippen LogP contribution in [0, 0.1) is 11.3 Å². The lowest BCUT2D eigenvalue weighted by molar-refractivity contribution is -0.173. The molecule has 6 nitrogen and oxygen atoms in total. The molecule has 2 atom stereocenters. The molecule has 0 spiro atoms. The molecule has 2 aromatic heterocycles. The average molecular weight is 496 g/mol. The third-order valence-electron chi connectivity index (χ3n) is 4.67. The summed E-state index contributed by atoms with van der Waals surface area (Å²) >= 11 is 4.61. The molecule has 0 radical (unpaired) electrons. The minimum atomic E-state index is -4.53. The molecule has 1 aromatic carbocycles. The van der Waals surface area contributed by atoms with Crippen molar-refractivity contribution in [3.63, 3.8) is 0 Å². The van der Waals surface area contributed by atoms with Crippen LogP contribution in [0.1, 0.15) is 39.4 Å². The highest BCUT2D eigenvalue weighted by atomic mass is 79.9. The lowest BCUT2D eigenvalue weighted by atomic mass is 10.0. The molecule has 1 aliphatic rings. The SMILES string of the molecule is N#Cc1ccc(NC(=O)c2nn3c(c2Br)NC(c2cccs2)CC3C(F)(F)F)cc1. The number of hydrogen-bond donors (Lipinski definition) is 2. The summed E-state index contributed by atoms with van der Waals surface area (Å²) in [5, 5.41) is 20.3. The number of halogens is 4. The van der Waals surface area contributed by atoms with Gasteiger partial charge >= 0.3 is 6.18 Å². The van der Waals surface area contributed by atoms with Crippen molar-refractivity contribution in [2.24, 2.45) is 0 Å². The van der Waals surface area contributed by atoms with Crippen molar-refractivity contribution < 1.29 is 18.0 Å². The third kappa shape index (κ3) is 3.80. The molecule has 2 N–H and O–H groups in total. The van der Waals surface area contributed by atoms with Crippen molar-refractivity contribution in [1.82, 2.24) is 9.78 Å². The second kappa shape index (κ2) is 7.77. The number of carbonyl (C=O) groups is 1. The van der Waals surface area contributed by atoms with Gasteiger partial charge in [0, 0.05) is 17.0 Å². The fourth-order valence-corrected chi connectivity index (χ4v) is 4.58. The highest BCUT2D eigenvalue weighted by molar-refractivity contribution is 9.10. The van der Waals surface area contributed by atoms with Gasteiger partial charge in [-0.2, -0.15) is 23.5 Å². The van der Waals surface area contributed by atoms with Gasteiger partial charge in [-0.3, -0.25) is 4.79 Å². The van der Waals surface area contributed by atoms with E-state index in [1.165, 1.54) is 35.6 Å². The molecule has 0 saturated heterocycles. The summed E-state index contributed by atoms with van der Waals surface area (Å²) in [6.45, 7) is 0. The zero-order valence-electron chi connectivity index (χ0n) is 15.1. The Hall–Kier alpha value is -2.84. The van der Waals surface area contributed by atoms with E-state index in [4.69, 9.17) is 5.26 Å². The van der Waals surface area contributed by atoms with Crippen LogP contribution in [0.5, 0.6) is 0 Å². The molecular formula is C19H13BrF3N5OS. The molecule has 0 saturated carbocycles. The number of fused-ring (bicyclic) bond motifs is 1. The van der Waals surface area contributed by atoms with E-state index in [1.54, 1.807) is 17.5 Å². The highest BCUT2D eigenvalue weighted by Crippen LogP contribution is 2.46. The Morgan fingerprint density at radius 2 is 2.07 bits per heavy atom. The first-order valence-corrected chi connectivity index (χ1v) is 10.4. The zero-order chi connectivity index (χ0) is 21.5. The van der Waals surface area contributed by atoms with Crippen LogP contribution < -0.4 is 10.6 Å². The first kappa shape index (κ1) is 20.4.